The molecule has 1 aliphatic carbocycles. The van der Waals surface area contributed by atoms with Crippen LogP contribution in [0, 0.1) is 0 Å². The van der Waals surface area contributed by atoms with Gasteiger partial charge in [0.15, 0.2) is 0 Å². The second kappa shape index (κ2) is 2.33. The molecule has 1 heteroatoms. The highest BCUT2D eigenvalue weighted by atomic mass is 14.7. The summed E-state index contributed by atoms with van der Waals surface area (Å²) < 4.78 is 0. The molecule has 1 heterocycles. The second-order valence-corrected chi connectivity index (χ2v) is 3.53. The summed E-state index contributed by atoms with van der Waals surface area (Å²) in [5, 5.41) is 0. The Hall–Kier alpha value is -0.850. The minimum atomic E-state index is 0.619. The van der Waals surface area contributed by atoms with E-state index in [1.165, 1.54) is 29.7 Å². The van der Waals surface area contributed by atoms with Gasteiger partial charge in [-0.05, 0) is 29.9 Å². The molecule has 0 aromatic carbocycles. The number of aromatic nitrogens is 1. The number of aryl methyl sites for hydroxylation is 2. The van der Waals surface area contributed by atoms with Crippen LogP contribution in [0.25, 0.3) is 0 Å². The first-order valence-corrected chi connectivity index (χ1v) is 4.25. The predicted octanol–water partition coefficient (Wildman–Crippen LogP) is 2.30. The number of hydrogen-bond donors (Lipinski definition) is 0. The zero-order chi connectivity index (χ0) is 7.84. The lowest BCUT2D eigenvalue weighted by Crippen LogP contribution is -2.11. The molecule has 58 valence electrons. The van der Waals surface area contributed by atoms with Crippen LogP contribution in [-0.2, 0) is 12.8 Å². The minimum Gasteiger partial charge on any atom is -0.261 e. The summed E-state index contributed by atoms with van der Waals surface area (Å²) in [5.41, 5.74) is 4.16. The fourth-order valence-electron chi connectivity index (χ4n) is 1.39. The lowest BCUT2D eigenvalue weighted by Gasteiger charge is -2.18. The van der Waals surface area contributed by atoms with Crippen LogP contribution < -0.4 is 0 Å². The van der Waals surface area contributed by atoms with Gasteiger partial charge in [-0.1, -0.05) is 19.9 Å². The van der Waals surface area contributed by atoms with Crippen molar-refractivity contribution in [3.05, 3.63) is 29.1 Å². The van der Waals surface area contributed by atoms with Crippen molar-refractivity contribution in [2.24, 2.45) is 0 Å². The van der Waals surface area contributed by atoms with Gasteiger partial charge in [0.05, 0.1) is 0 Å². The van der Waals surface area contributed by atoms with Crippen LogP contribution in [0.2, 0.25) is 0 Å². The second-order valence-electron chi connectivity index (χ2n) is 3.53. The minimum absolute atomic E-state index is 0.619. The van der Waals surface area contributed by atoms with E-state index in [1.807, 2.05) is 6.20 Å². The predicted molar refractivity (Wildman–Crippen MR) is 45.7 cm³/mol. The van der Waals surface area contributed by atoms with E-state index < -0.39 is 0 Å². The highest BCUT2D eigenvalue weighted by Crippen LogP contribution is 2.24. The molecule has 0 N–H and O–H groups in total. The molecule has 0 fully saturated rings. The molecule has 0 radical (unpaired) electrons. The van der Waals surface area contributed by atoms with Gasteiger partial charge in [0.2, 0.25) is 0 Å². The Balaban J connectivity index is 2.38. The molecule has 0 amide bonds. The Kier molecular flexibility index (Phi) is 1.45. The molecule has 0 saturated heterocycles. The molecule has 0 saturated carbocycles. The SMILES string of the molecule is CC(C)c1cnc2c(c1)CC2. The molecular weight excluding hydrogens is 134 g/mol. The van der Waals surface area contributed by atoms with Crippen LogP contribution in [0.5, 0.6) is 0 Å². The summed E-state index contributed by atoms with van der Waals surface area (Å²) in [5.74, 6) is 0.619. The van der Waals surface area contributed by atoms with Gasteiger partial charge in [-0.15, -0.1) is 0 Å². The van der Waals surface area contributed by atoms with Crippen molar-refractivity contribution < 1.29 is 0 Å². The van der Waals surface area contributed by atoms with Crippen molar-refractivity contribution in [3.8, 4) is 0 Å². The lowest BCUT2D eigenvalue weighted by atomic mass is 9.91. The Morgan fingerprint density at radius 1 is 1.36 bits per heavy atom. The largest absolute Gasteiger partial charge is 0.261 e. The molecule has 11 heavy (non-hydrogen) atoms. The molecule has 1 nitrogen and oxygen atoms in total. The van der Waals surface area contributed by atoms with E-state index >= 15 is 0 Å². The summed E-state index contributed by atoms with van der Waals surface area (Å²) in [6.45, 7) is 4.42. The van der Waals surface area contributed by atoms with Gasteiger partial charge in [0, 0.05) is 11.9 Å². The van der Waals surface area contributed by atoms with E-state index in [0.29, 0.717) is 5.92 Å². The molecule has 1 aromatic heterocycles. The number of nitrogens with zero attached hydrogens (tertiary/aromatic N) is 1. The van der Waals surface area contributed by atoms with Crippen LogP contribution in [0.15, 0.2) is 12.3 Å². The van der Waals surface area contributed by atoms with Crippen LogP contribution in [-0.4, -0.2) is 4.98 Å². The smallest absolute Gasteiger partial charge is 0.0439 e. The van der Waals surface area contributed by atoms with Gasteiger partial charge in [0.1, 0.15) is 0 Å². The molecule has 0 atom stereocenters. The monoisotopic (exact) mass is 147 g/mol. The van der Waals surface area contributed by atoms with Crippen LogP contribution in [0.3, 0.4) is 0 Å². The van der Waals surface area contributed by atoms with Crippen molar-refractivity contribution in [2.45, 2.75) is 32.6 Å². The van der Waals surface area contributed by atoms with Gasteiger partial charge >= 0.3 is 0 Å². The molecule has 2 rings (SSSR count). The first-order valence-electron chi connectivity index (χ1n) is 4.25. The Bertz CT molecular complexity index is 276. The Morgan fingerprint density at radius 3 is 2.64 bits per heavy atom. The number of pyridine rings is 1. The molecule has 0 bridgehead atoms. The van der Waals surface area contributed by atoms with Crippen molar-refractivity contribution in [2.75, 3.05) is 0 Å². The van der Waals surface area contributed by atoms with Gasteiger partial charge in [-0.2, -0.15) is 0 Å². The van der Waals surface area contributed by atoms with E-state index in [-0.39, 0.29) is 0 Å². The zero-order valence-electron chi connectivity index (χ0n) is 7.09. The van der Waals surface area contributed by atoms with E-state index in [0.717, 1.165) is 0 Å². The number of rotatable bonds is 1. The summed E-state index contributed by atoms with van der Waals surface area (Å²) in [6.07, 6.45) is 4.44. The van der Waals surface area contributed by atoms with E-state index in [9.17, 15) is 0 Å². The standard InChI is InChI=1S/C10H13N/c1-7(2)9-5-8-3-4-10(8)11-6-9/h5-7H,3-4H2,1-2H3. The third kappa shape index (κ3) is 1.05. The van der Waals surface area contributed by atoms with Crippen LogP contribution in [0.1, 0.15) is 36.6 Å². The lowest BCUT2D eigenvalue weighted by molar-refractivity contribution is 0.763. The molecule has 1 aromatic rings. The molecule has 0 spiro atoms. The van der Waals surface area contributed by atoms with Crippen molar-refractivity contribution in [1.82, 2.24) is 4.98 Å². The average Bonchev–Trinajstić information content (AvgIpc) is 1.91. The average molecular weight is 147 g/mol. The van der Waals surface area contributed by atoms with Gasteiger partial charge in [-0.3, -0.25) is 4.98 Å². The highest BCUT2D eigenvalue weighted by molar-refractivity contribution is 5.33. The number of hydrogen-bond acceptors (Lipinski definition) is 1. The van der Waals surface area contributed by atoms with E-state index in [4.69, 9.17) is 0 Å². The molecule has 1 aliphatic rings. The van der Waals surface area contributed by atoms with Crippen molar-refractivity contribution in [1.29, 1.82) is 0 Å². The van der Waals surface area contributed by atoms with Crippen LogP contribution in [0.4, 0.5) is 0 Å². The van der Waals surface area contributed by atoms with Gasteiger partial charge < -0.3 is 0 Å². The van der Waals surface area contributed by atoms with E-state index in [2.05, 4.69) is 24.9 Å². The Morgan fingerprint density at radius 2 is 2.18 bits per heavy atom. The third-order valence-electron chi connectivity index (χ3n) is 2.38. The first-order chi connectivity index (χ1) is 5.27. The molecule has 0 unspecified atom stereocenters. The quantitative estimate of drug-likeness (QED) is 0.594. The van der Waals surface area contributed by atoms with E-state index in [1.54, 1.807) is 0 Å². The fraction of sp³-hybridized carbons (Fsp3) is 0.500. The van der Waals surface area contributed by atoms with Crippen molar-refractivity contribution in [3.63, 3.8) is 0 Å². The number of fused-ring (bicyclic) bond motifs is 1. The summed E-state index contributed by atoms with van der Waals surface area (Å²) in [6, 6.07) is 2.30. The van der Waals surface area contributed by atoms with Crippen molar-refractivity contribution >= 4 is 0 Å². The van der Waals surface area contributed by atoms with Crippen LogP contribution >= 0.6 is 0 Å². The molecule has 0 aliphatic heterocycles. The normalized spacial score (nSPS) is 14.5. The van der Waals surface area contributed by atoms with Gasteiger partial charge in [0.25, 0.3) is 0 Å². The first kappa shape index (κ1) is 6.84. The topological polar surface area (TPSA) is 12.9 Å². The molecular formula is C10H13N. The highest BCUT2D eigenvalue weighted by Gasteiger charge is 2.14. The summed E-state index contributed by atoms with van der Waals surface area (Å²) >= 11 is 0. The third-order valence-corrected chi connectivity index (χ3v) is 2.38. The maximum absolute atomic E-state index is 4.39. The summed E-state index contributed by atoms with van der Waals surface area (Å²) in [4.78, 5) is 4.39. The fourth-order valence-corrected chi connectivity index (χ4v) is 1.39. The maximum Gasteiger partial charge on any atom is 0.0439 e. The van der Waals surface area contributed by atoms with Gasteiger partial charge in [-0.25, -0.2) is 0 Å². The Labute approximate surface area is 67.5 Å². The zero-order valence-corrected chi connectivity index (χ0v) is 7.09. The maximum atomic E-state index is 4.39. The summed E-state index contributed by atoms with van der Waals surface area (Å²) in [7, 11) is 0.